The number of carbonyl (C=O) groups is 1. The van der Waals surface area contributed by atoms with Gasteiger partial charge in [0.15, 0.2) is 5.03 Å². The van der Waals surface area contributed by atoms with Crippen molar-refractivity contribution in [3.05, 3.63) is 33.6 Å². The number of imidazole rings is 1. The monoisotopic (exact) mass is 279 g/mol. The van der Waals surface area contributed by atoms with Crippen molar-refractivity contribution >= 4 is 17.7 Å². The van der Waals surface area contributed by atoms with Crippen molar-refractivity contribution in [3.63, 3.8) is 0 Å². The number of hydrazone groups is 1. The Morgan fingerprint density at radius 3 is 2.33 bits per heavy atom. The van der Waals surface area contributed by atoms with Crippen LogP contribution in [-0.4, -0.2) is 26.9 Å². The van der Waals surface area contributed by atoms with Crippen molar-refractivity contribution < 1.29 is 66.3 Å². The first-order valence-corrected chi connectivity index (χ1v) is 3.74. The fourth-order valence-corrected chi connectivity index (χ4v) is 0.566. The summed E-state index contributed by atoms with van der Waals surface area (Å²) < 4.78 is 0. The van der Waals surface area contributed by atoms with E-state index in [1.54, 1.807) is 0 Å². The average Bonchev–Trinajstić information content (AvgIpc) is 2.64. The van der Waals surface area contributed by atoms with Crippen molar-refractivity contribution in [3.8, 4) is 0 Å². The van der Waals surface area contributed by atoms with Crippen LogP contribution in [0.15, 0.2) is 11.3 Å². The summed E-state index contributed by atoms with van der Waals surface area (Å²) in [6.07, 6.45) is 1.14. The molecule has 0 bridgehead atoms. The molecule has 0 aliphatic carbocycles. The van der Waals surface area contributed by atoms with Gasteiger partial charge in [0.05, 0.1) is 11.3 Å². The van der Waals surface area contributed by atoms with Crippen LogP contribution in [0.1, 0.15) is 10.6 Å². The van der Waals surface area contributed by atoms with Crippen LogP contribution in [0.4, 0.5) is 5.82 Å². The van der Waals surface area contributed by atoms with Crippen LogP contribution in [0, 0.1) is 16.7 Å². The Labute approximate surface area is 143 Å². The molecule has 0 fully saturated rings. The second-order valence-corrected chi connectivity index (χ2v) is 2.28. The molecule has 18 heavy (non-hydrogen) atoms. The van der Waals surface area contributed by atoms with Gasteiger partial charge >= 0.3 is 51.4 Å². The molecule has 1 aromatic rings. The molecule has 1 heterocycles. The number of aromatic amines is 1. The maximum Gasteiger partial charge on any atom is 1.00 e. The molecule has 0 aromatic carbocycles. The van der Waals surface area contributed by atoms with Gasteiger partial charge in [0.2, 0.25) is 11.6 Å². The number of nitrogens with two attached hydrogens (primary N) is 2. The minimum absolute atomic E-state index is 0. The molecule has 0 atom stereocenters. The Bertz CT molecular complexity index is 486. The maximum atomic E-state index is 10.0. The van der Waals surface area contributed by atoms with E-state index in [4.69, 9.17) is 6.57 Å². The summed E-state index contributed by atoms with van der Waals surface area (Å²) >= 11 is 0. The Morgan fingerprint density at radius 2 is 2.17 bits per heavy atom. The molecule has 0 radical (unpaired) electrons. The zero-order valence-electron chi connectivity index (χ0n) is 9.15. The fourth-order valence-electron chi connectivity index (χ4n) is 0.566. The van der Waals surface area contributed by atoms with Gasteiger partial charge in [-0.3, -0.25) is 4.98 Å². The van der Waals surface area contributed by atoms with Crippen LogP contribution in [-0.2, 0) is 0 Å². The molecule has 0 saturated heterocycles. The molecule has 90 valence electrons. The van der Waals surface area contributed by atoms with Crippen molar-refractivity contribution in [2.75, 3.05) is 0 Å². The van der Waals surface area contributed by atoms with Crippen LogP contribution in [0.5, 0.6) is 0 Å². The maximum absolute atomic E-state index is 10.0. The Hall–Kier alpha value is -1.52. The molecule has 1 aromatic heterocycles. The van der Waals surface area contributed by atoms with E-state index in [1.807, 2.05) is 0 Å². The minimum Gasteiger partial charge on any atom is -0.540 e. The molecule has 5 N–H and O–H groups in total. The van der Waals surface area contributed by atoms with Crippen molar-refractivity contribution in [1.29, 1.82) is 0 Å². The van der Waals surface area contributed by atoms with Crippen LogP contribution in [0.3, 0.4) is 0 Å². The Morgan fingerprint density at radius 1 is 1.61 bits per heavy atom. The van der Waals surface area contributed by atoms with Gasteiger partial charge in [0, 0.05) is 0 Å². The van der Waals surface area contributed by atoms with Gasteiger partial charge in [-0.25, -0.2) is 15.1 Å². The van der Waals surface area contributed by atoms with Gasteiger partial charge in [-0.05, 0) is 0 Å². The number of nitro groups is 1. The molecule has 12 heteroatoms. The molecule has 0 saturated carbocycles. The second kappa shape index (κ2) is 9.50. The van der Waals surface area contributed by atoms with E-state index >= 15 is 0 Å². The summed E-state index contributed by atoms with van der Waals surface area (Å²) in [6.45, 7) is 6.44. The zero-order valence-corrected chi connectivity index (χ0v) is 12.3. The van der Waals surface area contributed by atoms with E-state index in [9.17, 15) is 20.0 Å². The van der Waals surface area contributed by atoms with Crippen LogP contribution >= 0.6 is 0 Å². The number of H-pyrrole nitrogens is 1. The average molecular weight is 279 g/mol. The number of carboxylic acids is 1. The van der Waals surface area contributed by atoms with Gasteiger partial charge in [0.25, 0.3) is 5.96 Å². The number of aromatic carboxylic acids is 1. The summed E-state index contributed by atoms with van der Waals surface area (Å²) in [5.74, 6) is -2.16. The summed E-state index contributed by atoms with van der Waals surface area (Å²) in [4.78, 5) is 27.8. The number of rotatable bonds is 2. The predicted octanol–water partition coefficient (Wildman–Crippen LogP) is -5.22. The molecule has 0 aliphatic rings. The first-order valence-electron chi connectivity index (χ1n) is 3.74. The van der Waals surface area contributed by atoms with Crippen LogP contribution in [0.2, 0.25) is 0 Å². The van der Waals surface area contributed by atoms with Gasteiger partial charge in [0.1, 0.15) is 5.97 Å². The van der Waals surface area contributed by atoms with Gasteiger partial charge < -0.3 is 26.2 Å². The Kier molecular flexibility index (Phi) is 9.94. The third kappa shape index (κ3) is 8.61. The minimum atomic E-state index is -1.41. The standard InChI is InChI=1S/C5H3N3O2.CH4N4O2.K/c1-6-3-2-7-4(8-3)5(9)10;2-1(3)4-5(6)7;/h2H,(H,7,8)(H,9,10);(H4,2,3,4);/q;;+1/p-1. The summed E-state index contributed by atoms with van der Waals surface area (Å²) in [6, 6.07) is 0. The van der Waals surface area contributed by atoms with E-state index in [0.29, 0.717) is 0 Å². The number of nitrogens with one attached hydrogen (secondary N) is 1. The molecule has 0 aliphatic heterocycles. The molecule has 0 amide bonds. The number of carboxylic acid groups (broad SMARTS) is 1. The number of aromatic nitrogens is 2. The number of nitrogens with zero attached hydrogens (tertiary/aromatic N) is 4. The smallest absolute Gasteiger partial charge is 0.540 e. The van der Waals surface area contributed by atoms with Crippen LogP contribution in [0.25, 0.3) is 4.85 Å². The zero-order chi connectivity index (χ0) is 13.4. The van der Waals surface area contributed by atoms with Gasteiger partial charge in [-0.1, -0.05) is 6.57 Å². The van der Waals surface area contributed by atoms with Crippen molar-refractivity contribution in [2.45, 2.75) is 0 Å². The van der Waals surface area contributed by atoms with E-state index in [2.05, 4.69) is 31.4 Å². The van der Waals surface area contributed by atoms with Crippen LogP contribution < -0.4 is 68.0 Å². The number of hydrogen-bond acceptors (Lipinski definition) is 5. The molecule has 0 unspecified atom stereocenters. The summed E-state index contributed by atoms with van der Waals surface area (Å²) in [5.41, 5.74) is 9.16. The Balaban J connectivity index is 0. The van der Waals surface area contributed by atoms with Crippen molar-refractivity contribution in [1.82, 2.24) is 9.97 Å². The summed E-state index contributed by atoms with van der Waals surface area (Å²) in [7, 11) is 0. The third-order valence-electron chi connectivity index (χ3n) is 1.07. The molecular weight excluding hydrogens is 273 g/mol. The predicted molar refractivity (Wildman–Crippen MR) is 52.0 cm³/mol. The number of hydrogen-bond donors (Lipinski definition) is 3. The van der Waals surface area contributed by atoms with E-state index in [1.165, 1.54) is 0 Å². The number of guanidine groups is 1. The first kappa shape index (κ1) is 18.8. The van der Waals surface area contributed by atoms with E-state index < -0.39 is 17.0 Å². The van der Waals surface area contributed by atoms with Gasteiger partial charge in [-0.2, -0.15) is 0 Å². The van der Waals surface area contributed by atoms with Crippen molar-refractivity contribution in [2.24, 2.45) is 16.6 Å². The molecule has 1 rings (SSSR count). The largest absolute Gasteiger partial charge is 1.00 e. The topological polar surface area (TPSA) is 181 Å². The third-order valence-corrected chi connectivity index (χ3v) is 1.07. The van der Waals surface area contributed by atoms with E-state index in [-0.39, 0.29) is 63.0 Å². The fraction of sp³-hybridized carbons (Fsp3) is 0. The molecular formula is C6H6KN7O4. The first-order chi connectivity index (χ1) is 7.86. The van der Waals surface area contributed by atoms with E-state index in [0.717, 1.165) is 6.20 Å². The van der Waals surface area contributed by atoms with Gasteiger partial charge in [-0.15, -0.1) is 0 Å². The second-order valence-electron chi connectivity index (χ2n) is 2.28. The molecule has 0 spiro atoms. The molecule has 11 nitrogen and oxygen atoms in total. The number of carbonyl (C=O) groups excluding carboxylic acids is 1. The quantitative estimate of drug-likeness (QED) is 0.121. The summed E-state index contributed by atoms with van der Waals surface area (Å²) in [5, 5.41) is 20.8. The normalized spacial score (nSPS) is 7.72. The SMILES string of the molecule is NC(N)=N[N+](=O)[O-].[C-]#[N+]c1cnc(C(=O)[O-])[nH]1.[K+].